The lowest BCUT2D eigenvalue weighted by Gasteiger charge is -2.10. The van der Waals surface area contributed by atoms with Crippen LogP contribution in [0.15, 0.2) is 42.5 Å². The molecular weight excluding hydrogens is 250 g/mol. The van der Waals surface area contributed by atoms with Crippen LogP contribution in [0.2, 0.25) is 0 Å². The van der Waals surface area contributed by atoms with E-state index in [0.29, 0.717) is 12.7 Å². The fourth-order valence-corrected chi connectivity index (χ4v) is 2.31. The molecule has 0 saturated heterocycles. The van der Waals surface area contributed by atoms with E-state index in [1.54, 1.807) is 0 Å². The van der Waals surface area contributed by atoms with Gasteiger partial charge in [-0.3, -0.25) is 0 Å². The lowest BCUT2D eigenvalue weighted by Crippen LogP contribution is -2.01. The average molecular weight is 269 g/mol. The molecule has 0 spiro atoms. The van der Waals surface area contributed by atoms with Crippen molar-refractivity contribution in [2.45, 2.75) is 26.3 Å². The van der Waals surface area contributed by atoms with Crippen LogP contribution in [0.4, 0.5) is 5.69 Å². The topological polar surface area (TPSA) is 30.5 Å². The predicted octanol–water partition coefficient (Wildman–Crippen LogP) is 4.15. The molecule has 3 nitrogen and oxygen atoms in total. The van der Waals surface area contributed by atoms with Crippen molar-refractivity contribution >= 4 is 5.69 Å². The van der Waals surface area contributed by atoms with E-state index in [-0.39, 0.29) is 0 Å². The minimum atomic E-state index is 0.315. The molecule has 0 amide bonds. The molecule has 0 aromatic heterocycles. The largest absolute Gasteiger partial charge is 0.454 e. The maximum atomic E-state index is 5.51. The van der Waals surface area contributed by atoms with Crippen molar-refractivity contribution in [1.82, 2.24) is 0 Å². The van der Waals surface area contributed by atoms with Crippen LogP contribution in [0.5, 0.6) is 11.5 Å². The van der Waals surface area contributed by atoms with E-state index in [0.717, 1.165) is 29.3 Å². The predicted molar refractivity (Wildman–Crippen MR) is 80.4 cm³/mol. The number of hydrogen-bond acceptors (Lipinski definition) is 3. The maximum absolute atomic E-state index is 5.51. The SMILES string of the molecule is CC(C)c1ccc(NCc2cccc3c2OCO3)cc1. The second-order valence-electron chi connectivity index (χ2n) is 5.28. The molecule has 0 radical (unpaired) electrons. The number of para-hydroxylation sites is 1. The molecular formula is C17H19NO2. The van der Waals surface area contributed by atoms with Gasteiger partial charge in [0.1, 0.15) is 0 Å². The number of rotatable bonds is 4. The highest BCUT2D eigenvalue weighted by Gasteiger charge is 2.16. The minimum Gasteiger partial charge on any atom is -0.454 e. The zero-order chi connectivity index (χ0) is 13.9. The first-order valence-electron chi connectivity index (χ1n) is 6.95. The molecule has 20 heavy (non-hydrogen) atoms. The van der Waals surface area contributed by atoms with Gasteiger partial charge in [0.05, 0.1) is 0 Å². The lowest BCUT2D eigenvalue weighted by atomic mass is 10.0. The van der Waals surface area contributed by atoms with Crippen molar-refractivity contribution in [2.24, 2.45) is 0 Å². The zero-order valence-corrected chi connectivity index (χ0v) is 11.8. The second-order valence-corrected chi connectivity index (χ2v) is 5.28. The van der Waals surface area contributed by atoms with E-state index >= 15 is 0 Å². The van der Waals surface area contributed by atoms with Gasteiger partial charge in [-0.05, 0) is 29.7 Å². The molecule has 3 heteroatoms. The molecule has 2 aromatic carbocycles. The summed E-state index contributed by atoms with van der Waals surface area (Å²) in [6, 6.07) is 14.6. The van der Waals surface area contributed by atoms with Crippen LogP contribution in [-0.2, 0) is 6.54 Å². The van der Waals surface area contributed by atoms with E-state index in [1.807, 2.05) is 12.1 Å². The van der Waals surface area contributed by atoms with E-state index in [4.69, 9.17) is 9.47 Å². The molecule has 104 valence electrons. The Morgan fingerprint density at radius 3 is 2.60 bits per heavy atom. The summed E-state index contributed by atoms with van der Waals surface area (Å²) in [5.41, 5.74) is 3.59. The normalized spacial score (nSPS) is 12.8. The van der Waals surface area contributed by atoms with E-state index in [2.05, 4.69) is 49.5 Å². The van der Waals surface area contributed by atoms with Crippen molar-refractivity contribution in [3.63, 3.8) is 0 Å². The molecule has 0 saturated carbocycles. The monoisotopic (exact) mass is 269 g/mol. The van der Waals surface area contributed by atoms with Gasteiger partial charge in [0.25, 0.3) is 0 Å². The van der Waals surface area contributed by atoms with Crippen molar-refractivity contribution in [2.75, 3.05) is 12.1 Å². The van der Waals surface area contributed by atoms with Gasteiger partial charge in [0.2, 0.25) is 6.79 Å². The molecule has 0 fully saturated rings. The number of nitrogens with one attached hydrogen (secondary N) is 1. The number of fused-ring (bicyclic) bond motifs is 1. The third kappa shape index (κ3) is 2.57. The van der Waals surface area contributed by atoms with Crippen molar-refractivity contribution in [3.8, 4) is 11.5 Å². The smallest absolute Gasteiger partial charge is 0.231 e. The maximum Gasteiger partial charge on any atom is 0.231 e. The molecule has 1 aliphatic rings. The van der Waals surface area contributed by atoms with Crippen LogP contribution in [0.3, 0.4) is 0 Å². The zero-order valence-electron chi connectivity index (χ0n) is 11.8. The first kappa shape index (κ1) is 12.9. The Labute approximate surface area is 119 Å². The van der Waals surface area contributed by atoms with Gasteiger partial charge < -0.3 is 14.8 Å². The molecule has 0 atom stereocenters. The van der Waals surface area contributed by atoms with Crippen molar-refractivity contribution in [1.29, 1.82) is 0 Å². The van der Waals surface area contributed by atoms with Crippen LogP contribution in [0.1, 0.15) is 30.9 Å². The Balaban J connectivity index is 1.69. The summed E-state index contributed by atoms with van der Waals surface area (Å²) < 4.78 is 10.9. The van der Waals surface area contributed by atoms with Gasteiger partial charge in [0, 0.05) is 17.8 Å². The van der Waals surface area contributed by atoms with Gasteiger partial charge in [-0.1, -0.05) is 38.1 Å². The van der Waals surface area contributed by atoms with Crippen LogP contribution >= 0.6 is 0 Å². The Bertz CT molecular complexity index is 590. The number of benzene rings is 2. The van der Waals surface area contributed by atoms with Gasteiger partial charge in [0.15, 0.2) is 11.5 Å². The highest BCUT2D eigenvalue weighted by Crippen LogP contribution is 2.35. The van der Waals surface area contributed by atoms with Gasteiger partial charge in [-0.25, -0.2) is 0 Å². The Morgan fingerprint density at radius 1 is 1.05 bits per heavy atom. The second kappa shape index (κ2) is 5.45. The summed E-state index contributed by atoms with van der Waals surface area (Å²) in [5.74, 6) is 2.25. The third-order valence-electron chi connectivity index (χ3n) is 3.54. The summed E-state index contributed by atoms with van der Waals surface area (Å²) in [6.45, 7) is 5.45. The summed E-state index contributed by atoms with van der Waals surface area (Å²) in [6.07, 6.45) is 0. The van der Waals surface area contributed by atoms with Gasteiger partial charge >= 0.3 is 0 Å². The average Bonchev–Trinajstić information content (AvgIpc) is 2.94. The summed E-state index contributed by atoms with van der Waals surface area (Å²) in [7, 11) is 0. The van der Waals surface area contributed by atoms with Crippen LogP contribution < -0.4 is 14.8 Å². The van der Waals surface area contributed by atoms with E-state index < -0.39 is 0 Å². The molecule has 1 heterocycles. The molecule has 2 aromatic rings. The van der Waals surface area contributed by atoms with Crippen molar-refractivity contribution in [3.05, 3.63) is 53.6 Å². The van der Waals surface area contributed by atoms with E-state index in [1.165, 1.54) is 5.56 Å². The first-order chi connectivity index (χ1) is 9.74. The molecule has 0 unspecified atom stereocenters. The quantitative estimate of drug-likeness (QED) is 0.904. The Morgan fingerprint density at radius 2 is 1.85 bits per heavy atom. The number of anilines is 1. The Kier molecular flexibility index (Phi) is 3.50. The molecule has 0 aliphatic carbocycles. The fourth-order valence-electron chi connectivity index (χ4n) is 2.31. The number of hydrogen-bond donors (Lipinski definition) is 1. The standard InChI is InChI=1S/C17H19NO2/c1-12(2)13-6-8-15(9-7-13)18-10-14-4-3-5-16-17(14)20-11-19-16/h3-9,12,18H,10-11H2,1-2H3. The van der Waals surface area contributed by atoms with Crippen LogP contribution in [0, 0.1) is 0 Å². The molecule has 1 aliphatic heterocycles. The first-order valence-corrected chi connectivity index (χ1v) is 6.95. The molecule has 3 rings (SSSR count). The highest BCUT2D eigenvalue weighted by molar-refractivity contribution is 5.51. The van der Waals surface area contributed by atoms with Gasteiger partial charge in [-0.15, -0.1) is 0 Å². The summed E-state index contributed by atoms with van der Waals surface area (Å²) in [4.78, 5) is 0. The summed E-state index contributed by atoms with van der Waals surface area (Å²) in [5, 5.41) is 3.42. The molecule has 0 bridgehead atoms. The molecule has 1 N–H and O–H groups in total. The fraction of sp³-hybridized carbons (Fsp3) is 0.294. The highest BCUT2D eigenvalue weighted by atomic mass is 16.7. The van der Waals surface area contributed by atoms with Crippen LogP contribution in [-0.4, -0.2) is 6.79 Å². The minimum absolute atomic E-state index is 0.315. The van der Waals surface area contributed by atoms with Crippen molar-refractivity contribution < 1.29 is 9.47 Å². The van der Waals surface area contributed by atoms with Gasteiger partial charge in [-0.2, -0.15) is 0 Å². The number of ether oxygens (including phenoxy) is 2. The third-order valence-corrected chi connectivity index (χ3v) is 3.54. The summed E-state index contributed by atoms with van der Waals surface area (Å²) >= 11 is 0. The van der Waals surface area contributed by atoms with E-state index in [9.17, 15) is 0 Å². The Hall–Kier alpha value is -2.16. The lowest BCUT2D eigenvalue weighted by molar-refractivity contribution is 0.173. The van der Waals surface area contributed by atoms with Crippen LogP contribution in [0.25, 0.3) is 0 Å².